The van der Waals surface area contributed by atoms with Gasteiger partial charge in [0.1, 0.15) is 17.8 Å². The fourth-order valence-electron chi connectivity index (χ4n) is 9.32. The van der Waals surface area contributed by atoms with Crippen LogP contribution in [0.3, 0.4) is 0 Å². The number of aliphatic hydroxyl groups is 3. The average Bonchev–Trinajstić information content (AvgIpc) is 3.40. The van der Waals surface area contributed by atoms with Crippen molar-refractivity contribution >= 4 is 11.9 Å². The number of carbonyl (C=O) groups is 2. The quantitative estimate of drug-likeness (QED) is 0.387. The normalized spacial score (nSPS) is 49.5. The van der Waals surface area contributed by atoms with Gasteiger partial charge in [-0.3, -0.25) is 4.79 Å². The monoisotopic (exact) mass is 516 g/mol. The lowest BCUT2D eigenvalue weighted by atomic mass is 9.56. The summed E-state index contributed by atoms with van der Waals surface area (Å²) >= 11 is 0. The molecule has 3 heterocycles. The lowest BCUT2D eigenvalue weighted by Crippen LogP contribution is -2.56. The SMILES string of the molecule is CC1=C[C@@H]([C@@H](O)[C@@H](C)[C@H]2C[C@H](O)[C@@]3(C)C2=CC[C@]2(O)C[C@]45OC(=O)C[C@H]4OC(C)(C)[C@@H]5CC[C@H]23)OC1=O. The molecular formula is C29H40O8. The molecule has 11 atom stereocenters. The number of cyclic esters (lactones) is 1. The number of aliphatic hydroxyl groups excluding tert-OH is 2. The van der Waals surface area contributed by atoms with Crippen molar-refractivity contribution in [2.45, 2.75) is 114 Å². The molecule has 0 aromatic carbocycles. The van der Waals surface area contributed by atoms with E-state index < -0.39 is 46.5 Å². The van der Waals surface area contributed by atoms with Gasteiger partial charge < -0.3 is 29.5 Å². The van der Waals surface area contributed by atoms with Crippen molar-refractivity contribution < 1.29 is 39.1 Å². The maximum atomic E-state index is 12.4. The van der Waals surface area contributed by atoms with Crippen molar-refractivity contribution in [2.75, 3.05) is 0 Å². The molecule has 0 unspecified atom stereocenters. The summed E-state index contributed by atoms with van der Waals surface area (Å²) in [7, 11) is 0. The van der Waals surface area contributed by atoms with E-state index in [2.05, 4.69) is 13.0 Å². The lowest BCUT2D eigenvalue weighted by Gasteiger charge is -2.51. The Morgan fingerprint density at radius 2 is 1.84 bits per heavy atom. The van der Waals surface area contributed by atoms with Gasteiger partial charge in [-0.05, 0) is 70.3 Å². The molecule has 0 bridgehead atoms. The number of rotatable bonds is 3. The summed E-state index contributed by atoms with van der Waals surface area (Å²) in [6.45, 7) is 9.77. The van der Waals surface area contributed by atoms with Crippen molar-refractivity contribution in [3.63, 3.8) is 0 Å². The molecule has 6 aliphatic rings. The number of carbonyl (C=O) groups excluding carboxylic acids is 2. The molecular weight excluding hydrogens is 476 g/mol. The molecule has 2 saturated heterocycles. The van der Waals surface area contributed by atoms with Gasteiger partial charge in [0.2, 0.25) is 0 Å². The van der Waals surface area contributed by atoms with Crippen LogP contribution in [-0.2, 0) is 23.8 Å². The van der Waals surface area contributed by atoms with Crippen LogP contribution in [0, 0.1) is 29.1 Å². The average molecular weight is 517 g/mol. The molecule has 6 rings (SSSR count). The predicted octanol–water partition coefficient (Wildman–Crippen LogP) is 2.58. The highest BCUT2D eigenvalue weighted by atomic mass is 16.6. The summed E-state index contributed by atoms with van der Waals surface area (Å²) in [4.78, 5) is 24.3. The van der Waals surface area contributed by atoms with Gasteiger partial charge in [0.15, 0.2) is 0 Å². The van der Waals surface area contributed by atoms with Gasteiger partial charge in [-0.1, -0.05) is 25.5 Å². The second-order valence-electron chi connectivity index (χ2n) is 13.4. The molecule has 0 amide bonds. The van der Waals surface area contributed by atoms with Gasteiger partial charge in [-0.15, -0.1) is 0 Å². The summed E-state index contributed by atoms with van der Waals surface area (Å²) in [5.74, 6) is -1.32. The molecule has 3 aliphatic carbocycles. The Kier molecular flexibility index (Phi) is 5.45. The van der Waals surface area contributed by atoms with Gasteiger partial charge in [0.25, 0.3) is 0 Å². The second kappa shape index (κ2) is 7.90. The first-order valence-electron chi connectivity index (χ1n) is 13.8. The van der Waals surface area contributed by atoms with E-state index in [4.69, 9.17) is 14.2 Å². The van der Waals surface area contributed by atoms with Crippen LogP contribution in [0.2, 0.25) is 0 Å². The van der Waals surface area contributed by atoms with Crippen LogP contribution < -0.4 is 0 Å². The zero-order chi connectivity index (χ0) is 26.7. The minimum absolute atomic E-state index is 0.0414. The van der Waals surface area contributed by atoms with E-state index in [0.717, 1.165) is 12.0 Å². The van der Waals surface area contributed by atoms with Crippen LogP contribution in [0.15, 0.2) is 23.3 Å². The van der Waals surface area contributed by atoms with E-state index in [0.29, 0.717) is 31.3 Å². The molecule has 37 heavy (non-hydrogen) atoms. The van der Waals surface area contributed by atoms with E-state index in [1.165, 1.54) is 0 Å². The summed E-state index contributed by atoms with van der Waals surface area (Å²) < 4.78 is 17.8. The number of hydrogen-bond acceptors (Lipinski definition) is 8. The summed E-state index contributed by atoms with van der Waals surface area (Å²) in [5.41, 5.74) is -1.59. The van der Waals surface area contributed by atoms with Crippen molar-refractivity contribution in [2.24, 2.45) is 29.1 Å². The van der Waals surface area contributed by atoms with E-state index in [1.54, 1.807) is 13.0 Å². The molecule has 0 aromatic heterocycles. The topological polar surface area (TPSA) is 123 Å². The van der Waals surface area contributed by atoms with Crippen molar-refractivity contribution in [3.05, 3.63) is 23.3 Å². The van der Waals surface area contributed by atoms with Gasteiger partial charge >= 0.3 is 11.9 Å². The first-order valence-corrected chi connectivity index (χ1v) is 13.8. The Morgan fingerprint density at radius 3 is 2.51 bits per heavy atom. The van der Waals surface area contributed by atoms with Crippen molar-refractivity contribution in [1.29, 1.82) is 0 Å². The fraction of sp³-hybridized carbons (Fsp3) is 0.793. The molecule has 0 radical (unpaired) electrons. The predicted molar refractivity (Wildman–Crippen MR) is 132 cm³/mol. The Hall–Kier alpha value is -1.74. The zero-order valence-corrected chi connectivity index (χ0v) is 22.4. The van der Waals surface area contributed by atoms with Gasteiger partial charge in [0.05, 0.1) is 29.8 Å². The zero-order valence-electron chi connectivity index (χ0n) is 22.4. The highest BCUT2D eigenvalue weighted by molar-refractivity contribution is 5.90. The van der Waals surface area contributed by atoms with Crippen molar-refractivity contribution in [3.8, 4) is 0 Å². The molecule has 4 fully saturated rings. The Balaban J connectivity index is 1.33. The number of esters is 2. The number of fused-ring (bicyclic) bond motifs is 3. The van der Waals surface area contributed by atoms with E-state index in [-0.39, 0.29) is 42.2 Å². The molecule has 8 heteroatoms. The number of hydrogen-bond donors (Lipinski definition) is 3. The summed E-state index contributed by atoms with van der Waals surface area (Å²) in [6, 6.07) is 0. The summed E-state index contributed by atoms with van der Waals surface area (Å²) in [6.07, 6.45) is 3.85. The van der Waals surface area contributed by atoms with Crippen LogP contribution in [0.1, 0.15) is 73.1 Å². The van der Waals surface area contributed by atoms with Crippen LogP contribution in [0.4, 0.5) is 0 Å². The summed E-state index contributed by atoms with van der Waals surface area (Å²) in [5, 5.41) is 35.0. The third-order valence-electron chi connectivity index (χ3n) is 11.1. The Bertz CT molecular complexity index is 1090. The van der Waals surface area contributed by atoms with E-state index >= 15 is 0 Å². The number of ether oxygens (including phenoxy) is 3. The van der Waals surface area contributed by atoms with Gasteiger partial charge in [-0.25, -0.2) is 4.79 Å². The lowest BCUT2D eigenvalue weighted by molar-refractivity contribution is -0.165. The smallest absolute Gasteiger partial charge is 0.334 e. The van der Waals surface area contributed by atoms with Crippen LogP contribution in [0.5, 0.6) is 0 Å². The molecule has 1 spiro atoms. The third-order valence-corrected chi connectivity index (χ3v) is 11.1. The minimum Gasteiger partial charge on any atom is -0.456 e. The fourth-order valence-corrected chi connectivity index (χ4v) is 9.32. The third kappa shape index (κ3) is 3.34. The maximum Gasteiger partial charge on any atom is 0.334 e. The van der Waals surface area contributed by atoms with E-state index in [9.17, 15) is 24.9 Å². The largest absolute Gasteiger partial charge is 0.456 e. The molecule has 3 N–H and O–H groups in total. The molecule has 3 aliphatic heterocycles. The van der Waals surface area contributed by atoms with Gasteiger partial charge in [0, 0.05) is 23.3 Å². The maximum absolute atomic E-state index is 12.4. The highest BCUT2D eigenvalue weighted by Gasteiger charge is 2.72. The first-order chi connectivity index (χ1) is 17.2. The molecule has 204 valence electrons. The molecule has 0 aromatic rings. The molecule has 8 nitrogen and oxygen atoms in total. The van der Waals surface area contributed by atoms with Crippen LogP contribution >= 0.6 is 0 Å². The standard InChI is InChI=1S/C29H40O8/c1-14-10-18(35-25(14)33)24(32)15(2)16-11-21(30)27(5)17(16)8-9-28(34)13-29-19(6-7-20(27)28)26(3,4)36-22(29)12-23(31)37-29/h8,10,15-16,18-22,24,30,32,34H,6-7,9,11-13H2,1-5H3/t15-,16+,18-,19-,20-,21-,22+,24-,27-,28-,29+/m0/s1. The van der Waals surface area contributed by atoms with Crippen LogP contribution in [-0.4, -0.2) is 68.5 Å². The highest BCUT2D eigenvalue weighted by Crippen LogP contribution is 2.66. The van der Waals surface area contributed by atoms with E-state index in [1.807, 2.05) is 20.8 Å². The Morgan fingerprint density at radius 1 is 1.14 bits per heavy atom. The van der Waals surface area contributed by atoms with Crippen LogP contribution in [0.25, 0.3) is 0 Å². The van der Waals surface area contributed by atoms with Crippen molar-refractivity contribution in [1.82, 2.24) is 0 Å². The second-order valence-corrected chi connectivity index (χ2v) is 13.4. The minimum atomic E-state index is -1.15. The molecule has 2 saturated carbocycles. The first kappa shape index (κ1) is 25.5. The Labute approximate surface area is 218 Å². The van der Waals surface area contributed by atoms with Gasteiger partial charge in [-0.2, -0.15) is 0 Å².